The standard InChI is InChI=1S/C16H25N3O2/c1-3-18(14-9-5-4-8-13(14)11-17)16-12(2)7-6-10-15(16)19(20)21/h6-7,10,13-14H,3-5,8-9,11,17H2,1-2H3. The molecular weight excluding hydrogens is 266 g/mol. The largest absolute Gasteiger partial charge is 0.363 e. The van der Waals surface area contributed by atoms with Gasteiger partial charge in [0.25, 0.3) is 5.69 Å². The first-order valence-electron chi connectivity index (χ1n) is 7.80. The quantitative estimate of drug-likeness (QED) is 0.667. The Balaban J connectivity index is 2.43. The van der Waals surface area contributed by atoms with Gasteiger partial charge >= 0.3 is 0 Å². The van der Waals surface area contributed by atoms with Crippen molar-refractivity contribution < 1.29 is 4.92 Å². The van der Waals surface area contributed by atoms with Gasteiger partial charge in [-0.25, -0.2) is 0 Å². The Morgan fingerprint density at radius 1 is 1.38 bits per heavy atom. The highest BCUT2D eigenvalue weighted by molar-refractivity contribution is 5.68. The molecule has 2 atom stereocenters. The fourth-order valence-corrected chi connectivity index (χ4v) is 3.60. The monoisotopic (exact) mass is 291 g/mol. The van der Waals surface area contributed by atoms with E-state index in [0.29, 0.717) is 18.5 Å². The summed E-state index contributed by atoms with van der Waals surface area (Å²) in [5.74, 6) is 0.429. The van der Waals surface area contributed by atoms with Crippen LogP contribution >= 0.6 is 0 Å². The maximum atomic E-state index is 11.4. The molecule has 2 N–H and O–H groups in total. The molecule has 1 aliphatic rings. The molecule has 1 aromatic rings. The van der Waals surface area contributed by atoms with Gasteiger partial charge in [-0.05, 0) is 44.7 Å². The van der Waals surface area contributed by atoms with Crippen LogP contribution in [0, 0.1) is 23.0 Å². The average Bonchev–Trinajstić information content (AvgIpc) is 2.49. The Hall–Kier alpha value is -1.62. The number of nitrogens with zero attached hydrogens (tertiary/aromatic N) is 2. The van der Waals surface area contributed by atoms with E-state index in [2.05, 4.69) is 11.8 Å². The predicted molar refractivity (Wildman–Crippen MR) is 85.7 cm³/mol. The molecule has 5 nitrogen and oxygen atoms in total. The summed E-state index contributed by atoms with van der Waals surface area (Å²) in [6.07, 6.45) is 4.58. The highest BCUT2D eigenvalue weighted by atomic mass is 16.6. The van der Waals surface area contributed by atoms with Crippen LogP contribution in [0.25, 0.3) is 0 Å². The van der Waals surface area contributed by atoms with Gasteiger partial charge < -0.3 is 10.6 Å². The minimum atomic E-state index is -0.273. The minimum absolute atomic E-state index is 0.207. The fraction of sp³-hybridized carbons (Fsp3) is 0.625. The van der Waals surface area contributed by atoms with Crippen molar-refractivity contribution in [3.8, 4) is 0 Å². The Morgan fingerprint density at radius 3 is 2.71 bits per heavy atom. The lowest BCUT2D eigenvalue weighted by Gasteiger charge is -2.40. The highest BCUT2D eigenvalue weighted by Crippen LogP contribution is 2.37. The van der Waals surface area contributed by atoms with Gasteiger partial charge in [-0.2, -0.15) is 0 Å². The molecule has 1 aromatic carbocycles. The second-order valence-electron chi connectivity index (χ2n) is 5.83. The molecule has 0 aliphatic heterocycles. The van der Waals surface area contributed by atoms with Crippen LogP contribution in [0.3, 0.4) is 0 Å². The molecule has 0 spiro atoms. The second kappa shape index (κ2) is 6.89. The van der Waals surface area contributed by atoms with Gasteiger partial charge in [-0.15, -0.1) is 0 Å². The molecule has 5 heteroatoms. The molecule has 2 unspecified atom stereocenters. The van der Waals surface area contributed by atoms with E-state index in [0.717, 1.165) is 30.6 Å². The number of aryl methyl sites for hydroxylation is 1. The zero-order chi connectivity index (χ0) is 15.4. The molecule has 1 saturated carbocycles. The number of hydrogen-bond donors (Lipinski definition) is 1. The van der Waals surface area contributed by atoms with Crippen LogP contribution in [-0.2, 0) is 0 Å². The lowest BCUT2D eigenvalue weighted by molar-refractivity contribution is -0.384. The average molecular weight is 291 g/mol. The Kier molecular flexibility index (Phi) is 5.17. The molecular formula is C16H25N3O2. The maximum Gasteiger partial charge on any atom is 0.292 e. The zero-order valence-electron chi connectivity index (χ0n) is 12.9. The first-order chi connectivity index (χ1) is 10.1. The third-order valence-electron chi connectivity index (χ3n) is 4.61. The number of hydrogen-bond acceptors (Lipinski definition) is 4. The predicted octanol–water partition coefficient (Wildman–Crippen LogP) is 3.25. The molecule has 0 bridgehead atoms. The Bertz CT molecular complexity index is 504. The molecule has 1 fully saturated rings. The summed E-state index contributed by atoms with van der Waals surface area (Å²) in [6.45, 7) is 5.44. The first kappa shape index (κ1) is 15.8. The van der Waals surface area contributed by atoms with Crippen LogP contribution in [0.4, 0.5) is 11.4 Å². The third kappa shape index (κ3) is 3.18. The second-order valence-corrected chi connectivity index (χ2v) is 5.83. The van der Waals surface area contributed by atoms with Gasteiger partial charge in [0.2, 0.25) is 0 Å². The number of anilines is 1. The van der Waals surface area contributed by atoms with Crippen LogP contribution < -0.4 is 10.6 Å². The molecule has 0 amide bonds. The maximum absolute atomic E-state index is 11.4. The van der Waals surface area contributed by atoms with Crippen LogP contribution in [-0.4, -0.2) is 24.1 Å². The van der Waals surface area contributed by atoms with Crippen LogP contribution in [0.2, 0.25) is 0 Å². The van der Waals surface area contributed by atoms with E-state index in [-0.39, 0.29) is 10.6 Å². The topological polar surface area (TPSA) is 72.4 Å². The summed E-state index contributed by atoms with van der Waals surface area (Å²) in [7, 11) is 0. The lowest BCUT2D eigenvalue weighted by Crippen LogP contribution is -2.45. The van der Waals surface area contributed by atoms with Crippen molar-refractivity contribution in [1.82, 2.24) is 0 Å². The van der Waals surface area contributed by atoms with E-state index in [1.165, 1.54) is 12.8 Å². The van der Waals surface area contributed by atoms with E-state index in [9.17, 15) is 10.1 Å². The van der Waals surface area contributed by atoms with Crippen molar-refractivity contribution in [3.63, 3.8) is 0 Å². The molecule has 0 saturated heterocycles. The number of nitro groups is 1. The fourth-order valence-electron chi connectivity index (χ4n) is 3.60. The van der Waals surface area contributed by atoms with Crippen molar-refractivity contribution >= 4 is 11.4 Å². The van der Waals surface area contributed by atoms with Crippen LogP contribution in [0.15, 0.2) is 18.2 Å². The molecule has 116 valence electrons. The van der Waals surface area contributed by atoms with Crippen molar-refractivity contribution in [1.29, 1.82) is 0 Å². The van der Waals surface area contributed by atoms with E-state index >= 15 is 0 Å². The van der Waals surface area contributed by atoms with Gasteiger partial charge in [0.15, 0.2) is 0 Å². The smallest absolute Gasteiger partial charge is 0.292 e. The minimum Gasteiger partial charge on any atom is -0.363 e. The summed E-state index contributed by atoms with van der Waals surface area (Å²) >= 11 is 0. The van der Waals surface area contributed by atoms with E-state index in [4.69, 9.17) is 5.73 Å². The number of nitro benzene ring substituents is 1. The Labute approximate surface area is 126 Å². The molecule has 0 radical (unpaired) electrons. The summed E-state index contributed by atoms with van der Waals surface area (Å²) in [6, 6.07) is 5.62. The van der Waals surface area contributed by atoms with Gasteiger partial charge in [-0.1, -0.05) is 25.0 Å². The van der Waals surface area contributed by atoms with Gasteiger partial charge in [0, 0.05) is 18.7 Å². The molecule has 21 heavy (non-hydrogen) atoms. The first-order valence-corrected chi connectivity index (χ1v) is 7.80. The van der Waals surface area contributed by atoms with Gasteiger partial charge in [0.1, 0.15) is 5.69 Å². The molecule has 2 rings (SSSR count). The van der Waals surface area contributed by atoms with Gasteiger partial charge in [-0.3, -0.25) is 10.1 Å². The number of para-hydroxylation sites is 1. The van der Waals surface area contributed by atoms with E-state index in [1.807, 2.05) is 13.0 Å². The van der Waals surface area contributed by atoms with Crippen molar-refractivity contribution in [2.45, 2.75) is 45.6 Å². The normalized spacial score (nSPS) is 22.0. The van der Waals surface area contributed by atoms with E-state index < -0.39 is 0 Å². The van der Waals surface area contributed by atoms with Crippen molar-refractivity contribution in [2.24, 2.45) is 11.7 Å². The summed E-state index contributed by atoms with van der Waals surface area (Å²) in [4.78, 5) is 13.3. The van der Waals surface area contributed by atoms with Gasteiger partial charge in [0.05, 0.1) is 4.92 Å². The Morgan fingerprint density at radius 2 is 2.10 bits per heavy atom. The zero-order valence-corrected chi connectivity index (χ0v) is 12.9. The number of rotatable bonds is 5. The SMILES string of the molecule is CCN(c1c(C)cccc1[N+](=O)[O-])C1CCCCC1CN. The van der Waals surface area contributed by atoms with Crippen LogP contribution in [0.5, 0.6) is 0 Å². The van der Waals surface area contributed by atoms with Crippen molar-refractivity contribution in [3.05, 3.63) is 33.9 Å². The summed E-state index contributed by atoms with van der Waals surface area (Å²) in [5.41, 5.74) is 7.88. The molecule has 0 aromatic heterocycles. The number of nitrogens with two attached hydrogens (primary N) is 1. The van der Waals surface area contributed by atoms with E-state index in [1.54, 1.807) is 12.1 Å². The molecule has 1 aliphatic carbocycles. The summed E-state index contributed by atoms with van der Waals surface area (Å²) in [5, 5.41) is 11.4. The third-order valence-corrected chi connectivity index (χ3v) is 4.61. The summed E-state index contributed by atoms with van der Waals surface area (Å²) < 4.78 is 0. The van der Waals surface area contributed by atoms with Crippen LogP contribution in [0.1, 0.15) is 38.2 Å². The highest BCUT2D eigenvalue weighted by Gasteiger charge is 2.32. The lowest BCUT2D eigenvalue weighted by atomic mass is 9.83. The van der Waals surface area contributed by atoms with Crippen molar-refractivity contribution in [2.75, 3.05) is 18.0 Å². The molecule has 0 heterocycles. The number of benzene rings is 1.